The molecule has 0 aromatic heterocycles. The van der Waals surface area contributed by atoms with Crippen LogP contribution in [0.1, 0.15) is 46.9 Å². The van der Waals surface area contributed by atoms with Crippen molar-refractivity contribution in [2.75, 3.05) is 6.54 Å². The number of Topliss-reactive ketones (excluding diaryl/α,β-unsaturated/α-hetero) is 1. The first-order valence-electron chi connectivity index (χ1n) is 10.5. The fourth-order valence-corrected chi connectivity index (χ4v) is 4.70. The van der Waals surface area contributed by atoms with Crippen LogP contribution in [0.5, 0.6) is 0 Å². The molecular formula is C24H22ClFN2O4. The highest BCUT2D eigenvalue weighted by Crippen LogP contribution is 2.41. The summed E-state index contributed by atoms with van der Waals surface area (Å²) in [5.74, 6) is -3.42. The number of imide groups is 1. The first kappa shape index (κ1) is 22.1. The molecule has 2 aromatic rings. The summed E-state index contributed by atoms with van der Waals surface area (Å²) in [6.07, 6.45) is 1.94. The van der Waals surface area contributed by atoms with Crippen LogP contribution in [0.3, 0.4) is 0 Å². The zero-order valence-electron chi connectivity index (χ0n) is 17.5. The Hall–Kier alpha value is -3.06. The molecule has 2 fully saturated rings. The lowest BCUT2D eigenvalue weighted by molar-refractivity contribution is -0.154. The lowest BCUT2D eigenvalue weighted by atomic mass is 9.76. The molecule has 8 heteroatoms. The Morgan fingerprint density at radius 3 is 2.38 bits per heavy atom. The van der Waals surface area contributed by atoms with E-state index >= 15 is 0 Å². The highest BCUT2D eigenvalue weighted by atomic mass is 35.5. The average Bonchev–Trinajstić information content (AvgIpc) is 3.01. The maximum atomic E-state index is 13.4. The monoisotopic (exact) mass is 456 g/mol. The number of hydrogen-bond acceptors (Lipinski definition) is 4. The van der Waals surface area contributed by atoms with Gasteiger partial charge in [0.15, 0.2) is 5.78 Å². The highest BCUT2D eigenvalue weighted by molar-refractivity contribution is 6.34. The van der Waals surface area contributed by atoms with Crippen molar-refractivity contribution in [3.63, 3.8) is 0 Å². The van der Waals surface area contributed by atoms with Crippen LogP contribution < -0.4 is 0 Å². The molecule has 1 heterocycles. The number of carbonyl (C=O) groups is 4. The van der Waals surface area contributed by atoms with Gasteiger partial charge in [-0.25, -0.2) is 9.40 Å². The minimum absolute atomic E-state index is 0.0740. The number of ketones is 1. The minimum atomic E-state index is -0.723. The van der Waals surface area contributed by atoms with Gasteiger partial charge in [0.1, 0.15) is 12.4 Å². The van der Waals surface area contributed by atoms with E-state index in [4.69, 9.17) is 11.6 Å². The molecular weight excluding hydrogens is 435 g/mol. The number of hydrazine groups is 1. The van der Waals surface area contributed by atoms with Crippen LogP contribution in [-0.4, -0.2) is 40.1 Å². The van der Waals surface area contributed by atoms with Gasteiger partial charge in [0.05, 0.1) is 22.4 Å². The SMILES string of the molecule is C[C@@H]1CC[C@@H]2C(=O)N(N(CC(=O)c3ccc(F)cc3)C(=O)c3ccccc3Cl)C(=O)[C@H]2C1. The number of benzene rings is 2. The van der Waals surface area contributed by atoms with Gasteiger partial charge in [-0.15, -0.1) is 0 Å². The molecule has 2 aromatic carbocycles. The Morgan fingerprint density at radius 2 is 1.69 bits per heavy atom. The Morgan fingerprint density at radius 1 is 1.03 bits per heavy atom. The number of hydrogen-bond donors (Lipinski definition) is 0. The largest absolute Gasteiger partial charge is 0.292 e. The molecule has 32 heavy (non-hydrogen) atoms. The van der Waals surface area contributed by atoms with Gasteiger partial charge in [0.25, 0.3) is 17.7 Å². The summed E-state index contributed by atoms with van der Waals surface area (Å²) < 4.78 is 13.3. The van der Waals surface area contributed by atoms with E-state index in [2.05, 4.69) is 0 Å². The van der Waals surface area contributed by atoms with Gasteiger partial charge in [-0.05, 0) is 61.6 Å². The number of carbonyl (C=O) groups excluding carboxylic acids is 4. The van der Waals surface area contributed by atoms with Gasteiger partial charge in [0.2, 0.25) is 0 Å². The summed E-state index contributed by atoms with van der Waals surface area (Å²) in [7, 11) is 0. The summed E-state index contributed by atoms with van der Waals surface area (Å²) in [6.45, 7) is 1.48. The van der Waals surface area contributed by atoms with Crippen molar-refractivity contribution < 1.29 is 23.6 Å². The maximum absolute atomic E-state index is 13.4. The number of amides is 3. The predicted molar refractivity (Wildman–Crippen MR) is 115 cm³/mol. The molecule has 1 aliphatic carbocycles. The van der Waals surface area contributed by atoms with Gasteiger partial charge < -0.3 is 0 Å². The lowest BCUT2D eigenvalue weighted by Gasteiger charge is -2.30. The predicted octanol–water partition coefficient (Wildman–Crippen LogP) is 4.14. The minimum Gasteiger partial charge on any atom is -0.292 e. The second-order valence-corrected chi connectivity index (χ2v) is 8.80. The number of rotatable bonds is 5. The second kappa shape index (κ2) is 8.82. The Kier molecular flexibility index (Phi) is 6.11. The Balaban J connectivity index is 1.70. The molecule has 0 unspecified atom stereocenters. The Bertz CT molecular complexity index is 1090. The molecule has 6 nitrogen and oxygen atoms in total. The van der Waals surface area contributed by atoms with Gasteiger partial charge >= 0.3 is 0 Å². The first-order chi connectivity index (χ1) is 15.3. The number of fused-ring (bicyclic) bond motifs is 1. The van der Waals surface area contributed by atoms with E-state index < -0.39 is 47.7 Å². The van der Waals surface area contributed by atoms with Crippen molar-refractivity contribution in [1.29, 1.82) is 0 Å². The number of nitrogens with zero attached hydrogens (tertiary/aromatic N) is 2. The standard InChI is InChI=1S/C24H22ClFN2O4/c1-14-6-11-17-19(12-14)24(32)28(23(17)31)27(22(30)18-4-2-3-5-20(18)25)13-21(29)15-7-9-16(26)10-8-15/h2-5,7-10,14,17,19H,6,11-13H2,1H3/t14-,17+,19+/m1/s1. The third-order valence-electron chi connectivity index (χ3n) is 6.20. The van der Waals surface area contributed by atoms with Gasteiger partial charge in [0, 0.05) is 5.56 Å². The van der Waals surface area contributed by atoms with E-state index in [9.17, 15) is 23.6 Å². The second-order valence-electron chi connectivity index (χ2n) is 8.39. The zero-order chi connectivity index (χ0) is 23.0. The molecule has 4 rings (SSSR count). The molecule has 0 N–H and O–H groups in total. The molecule has 1 saturated heterocycles. The van der Waals surface area contributed by atoms with Gasteiger partial charge in [-0.3, -0.25) is 19.2 Å². The van der Waals surface area contributed by atoms with Crippen LogP contribution in [0.4, 0.5) is 4.39 Å². The normalized spacial score (nSPS) is 22.6. The molecule has 1 aliphatic heterocycles. The van der Waals surface area contributed by atoms with Crippen LogP contribution in [0.15, 0.2) is 48.5 Å². The van der Waals surface area contributed by atoms with E-state index in [1.165, 1.54) is 24.3 Å². The van der Waals surface area contributed by atoms with Crippen LogP contribution >= 0.6 is 11.6 Å². The van der Waals surface area contributed by atoms with Crippen molar-refractivity contribution in [2.24, 2.45) is 17.8 Å². The summed E-state index contributed by atoms with van der Waals surface area (Å²) in [5, 5.41) is 1.86. The van der Waals surface area contributed by atoms with Crippen LogP contribution in [0.2, 0.25) is 5.02 Å². The zero-order valence-corrected chi connectivity index (χ0v) is 18.2. The summed E-state index contributed by atoms with van der Waals surface area (Å²) in [4.78, 5) is 52.8. The molecule has 0 radical (unpaired) electrons. The van der Waals surface area contributed by atoms with E-state index in [-0.39, 0.29) is 16.1 Å². The smallest absolute Gasteiger partial charge is 0.274 e. The fraction of sp³-hybridized carbons (Fsp3) is 0.333. The molecule has 3 atom stereocenters. The molecule has 0 spiro atoms. The first-order valence-corrected chi connectivity index (χ1v) is 10.9. The van der Waals surface area contributed by atoms with Gasteiger partial charge in [-0.2, -0.15) is 5.01 Å². The molecule has 1 saturated carbocycles. The van der Waals surface area contributed by atoms with Crippen LogP contribution in [0, 0.1) is 23.6 Å². The van der Waals surface area contributed by atoms with Crippen molar-refractivity contribution >= 4 is 35.1 Å². The third-order valence-corrected chi connectivity index (χ3v) is 6.53. The van der Waals surface area contributed by atoms with Gasteiger partial charge in [-0.1, -0.05) is 30.7 Å². The number of halogens is 2. The lowest BCUT2D eigenvalue weighted by Crippen LogP contribution is -2.52. The van der Waals surface area contributed by atoms with Crippen LogP contribution in [0.25, 0.3) is 0 Å². The molecule has 0 bridgehead atoms. The van der Waals surface area contributed by atoms with Crippen molar-refractivity contribution in [1.82, 2.24) is 10.0 Å². The van der Waals surface area contributed by atoms with E-state index in [1.807, 2.05) is 6.92 Å². The summed E-state index contributed by atoms with van der Waals surface area (Å²) in [6, 6.07) is 11.1. The molecule has 2 aliphatic rings. The molecule has 166 valence electrons. The maximum Gasteiger partial charge on any atom is 0.274 e. The van der Waals surface area contributed by atoms with E-state index in [0.29, 0.717) is 18.8 Å². The topological polar surface area (TPSA) is 74.8 Å². The molecule has 3 amide bonds. The quantitative estimate of drug-likeness (QED) is 0.500. The van der Waals surface area contributed by atoms with Crippen molar-refractivity contribution in [3.05, 3.63) is 70.5 Å². The van der Waals surface area contributed by atoms with E-state index in [0.717, 1.165) is 28.6 Å². The average molecular weight is 457 g/mol. The van der Waals surface area contributed by atoms with Crippen LogP contribution in [-0.2, 0) is 9.59 Å². The Labute approximate surface area is 189 Å². The summed E-state index contributed by atoms with van der Waals surface area (Å²) >= 11 is 6.19. The highest BCUT2D eigenvalue weighted by Gasteiger charge is 2.52. The van der Waals surface area contributed by atoms with Crippen molar-refractivity contribution in [3.8, 4) is 0 Å². The van der Waals surface area contributed by atoms with Crippen molar-refractivity contribution in [2.45, 2.75) is 26.2 Å². The third kappa shape index (κ3) is 4.05. The fourth-order valence-electron chi connectivity index (χ4n) is 4.48. The van der Waals surface area contributed by atoms with E-state index in [1.54, 1.807) is 12.1 Å². The summed E-state index contributed by atoms with van der Waals surface area (Å²) in [5.41, 5.74) is 0.235.